The third-order valence-electron chi connectivity index (χ3n) is 3.58. The van der Waals surface area contributed by atoms with Gasteiger partial charge < -0.3 is 14.2 Å². The summed E-state index contributed by atoms with van der Waals surface area (Å²) in [5.74, 6) is 2.67. The quantitative estimate of drug-likeness (QED) is 0.388. The minimum Gasteiger partial charge on any atom is -0.497 e. The minimum absolute atomic E-state index is 0.0723. The Kier molecular flexibility index (Phi) is 6.95. The van der Waals surface area contributed by atoms with Gasteiger partial charge in [-0.3, -0.25) is 4.79 Å². The van der Waals surface area contributed by atoms with Gasteiger partial charge in [-0.05, 0) is 48.2 Å². The number of carbonyl (C=O) groups is 1. The van der Waals surface area contributed by atoms with Crippen molar-refractivity contribution in [1.29, 1.82) is 0 Å². The van der Waals surface area contributed by atoms with Gasteiger partial charge in [0.2, 0.25) is 0 Å². The molecule has 0 atom stereocenters. The van der Waals surface area contributed by atoms with Crippen LogP contribution in [0.25, 0.3) is 6.08 Å². The second-order valence-corrected chi connectivity index (χ2v) is 6.44. The first-order chi connectivity index (χ1) is 12.1. The Morgan fingerprint density at radius 2 is 1.76 bits per heavy atom. The highest BCUT2D eigenvalue weighted by Crippen LogP contribution is 2.36. The van der Waals surface area contributed by atoms with Crippen molar-refractivity contribution in [2.24, 2.45) is 0 Å². The second-order valence-electron chi connectivity index (χ2n) is 5.11. The molecule has 25 heavy (non-hydrogen) atoms. The highest BCUT2D eigenvalue weighted by atomic mass is 32.2. The van der Waals surface area contributed by atoms with Gasteiger partial charge in [0.1, 0.15) is 5.75 Å². The predicted molar refractivity (Wildman–Crippen MR) is 102 cm³/mol. The van der Waals surface area contributed by atoms with E-state index in [-0.39, 0.29) is 5.78 Å². The first-order valence-electron chi connectivity index (χ1n) is 7.88. The molecule has 0 radical (unpaired) electrons. The van der Waals surface area contributed by atoms with Crippen molar-refractivity contribution in [3.63, 3.8) is 0 Å². The molecule has 5 heteroatoms. The number of benzene rings is 2. The van der Waals surface area contributed by atoms with Crippen molar-refractivity contribution in [2.75, 3.05) is 27.1 Å². The molecule has 2 aromatic rings. The van der Waals surface area contributed by atoms with E-state index in [0.717, 1.165) is 10.6 Å². The van der Waals surface area contributed by atoms with Crippen LogP contribution in [0.15, 0.2) is 47.4 Å². The van der Waals surface area contributed by atoms with Crippen LogP contribution in [0, 0.1) is 0 Å². The summed E-state index contributed by atoms with van der Waals surface area (Å²) in [4.78, 5) is 13.6. The maximum atomic E-state index is 12.4. The largest absolute Gasteiger partial charge is 0.497 e. The van der Waals surface area contributed by atoms with Crippen LogP contribution in [0.4, 0.5) is 0 Å². The standard InChI is InChI=1S/C20H22O4S/c1-5-25-17-9-6-14(7-10-17)18(21)11-8-15-12-16(22-2)13-19(23-3)20(15)24-4/h6-13H,5H2,1-4H3/b11-8+. The smallest absolute Gasteiger partial charge is 0.185 e. The van der Waals surface area contributed by atoms with Gasteiger partial charge in [-0.15, -0.1) is 11.8 Å². The molecule has 2 aromatic carbocycles. The van der Waals surface area contributed by atoms with Gasteiger partial charge in [0.15, 0.2) is 17.3 Å². The number of ether oxygens (including phenoxy) is 3. The molecule has 4 nitrogen and oxygen atoms in total. The molecule has 0 aliphatic heterocycles. The Morgan fingerprint density at radius 1 is 1.04 bits per heavy atom. The van der Waals surface area contributed by atoms with Gasteiger partial charge >= 0.3 is 0 Å². The zero-order valence-electron chi connectivity index (χ0n) is 14.9. The van der Waals surface area contributed by atoms with Gasteiger partial charge in [-0.25, -0.2) is 0 Å². The zero-order valence-corrected chi connectivity index (χ0v) is 15.7. The van der Waals surface area contributed by atoms with Crippen molar-refractivity contribution in [2.45, 2.75) is 11.8 Å². The number of hydrogen-bond acceptors (Lipinski definition) is 5. The Bertz CT molecular complexity index is 751. The summed E-state index contributed by atoms with van der Waals surface area (Å²) in [5.41, 5.74) is 1.36. The predicted octanol–water partition coefficient (Wildman–Crippen LogP) is 4.72. The molecule has 0 saturated heterocycles. The molecule has 2 rings (SSSR count). The van der Waals surface area contributed by atoms with Gasteiger partial charge in [0.05, 0.1) is 21.3 Å². The van der Waals surface area contributed by atoms with E-state index in [2.05, 4.69) is 6.92 Å². The van der Waals surface area contributed by atoms with Crippen LogP contribution < -0.4 is 14.2 Å². The molecule has 132 valence electrons. The Labute approximate surface area is 152 Å². The van der Waals surface area contributed by atoms with Crippen LogP contribution >= 0.6 is 11.8 Å². The first-order valence-corrected chi connectivity index (χ1v) is 8.86. The number of methoxy groups -OCH3 is 3. The van der Waals surface area contributed by atoms with Crippen molar-refractivity contribution < 1.29 is 19.0 Å². The minimum atomic E-state index is -0.0723. The highest BCUT2D eigenvalue weighted by molar-refractivity contribution is 7.99. The number of thioether (sulfide) groups is 1. The third kappa shape index (κ3) is 4.79. The molecular formula is C20H22O4S. The number of allylic oxidation sites excluding steroid dienone is 1. The summed E-state index contributed by atoms with van der Waals surface area (Å²) >= 11 is 1.75. The lowest BCUT2D eigenvalue weighted by molar-refractivity contribution is 0.104. The summed E-state index contributed by atoms with van der Waals surface area (Å²) in [6.07, 6.45) is 3.24. The Hall–Kier alpha value is -2.40. The number of ketones is 1. The van der Waals surface area contributed by atoms with E-state index >= 15 is 0 Å². The molecule has 0 bridgehead atoms. The lowest BCUT2D eigenvalue weighted by atomic mass is 10.1. The van der Waals surface area contributed by atoms with Crippen LogP contribution in [0.1, 0.15) is 22.8 Å². The van der Waals surface area contributed by atoms with Gasteiger partial charge in [-0.2, -0.15) is 0 Å². The van der Waals surface area contributed by atoms with E-state index in [9.17, 15) is 4.79 Å². The van der Waals surface area contributed by atoms with Gasteiger partial charge in [0, 0.05) is 22.1 Å². The van der Waals surface area contributed by atoms with E-state index in [1.165, 1.54) is 6.08 Å². The number of carbonyl (C=O) groups excluding carboxylic acids is 1. The van der Waals surface area contributed by atoms with Crippen LogP contribution in [0.2, 0.25) is 0 Å². The van der Waals surface area contributed by atoms with Crippen LogP contribution in [0.3, 0.4) is 0 Å². The lowest BCUT2D eigenvalue weighted by Crippen LogP contribution is -1.96. The van der Waals surface area contributed by atoms with E-state index in [1.54, 1.807) is 51.3 Å². The van der Waals surface area contributed by atoms with Crippen LogP contribution in [-0.4, -0.2) is 32.9 Å². The molecule has 0 aromatic heterocycles. The molecule has 0 fully saturated rings. The Balaban J connectivity index is 2.26. The number of rotatable bonds is 8. The molecule has 0 spiro atoms. The summed E-state index contributed by atoms with van der Waals surface area (Å²) in [7, 11) is 4.70. The molecule has 0 aliphatic rings. The molecule has 0 unspecified atom stereocenters. The second kappa shape index (κ2) is 9.18. The van der Waals surface area contributed by atoms with Crippen molar-refractivity contribution >= 4 is 23.6 Å². The SMILES string of the molecule is CCSc1ccc(C(=O)/C=C/c2cc(OC)cc(OC)c2OC)cc1. The molecule has 0 saturated carbocycles. The normalized spacial score (nSPS) is 10.7. The summed E-state index contributed by atoms with van der Waals surface area (Å²) in [6, 6.07) is 11.1. The highest BCUT2D eigenvalue weighted by Gasteiger charge is 2.11. The van der Waals surface area contributed by atoms with E-state index in [4.69, 9.17) is 14.2 Å². The van der Waals surface area contributed by atoms with Crippen LogP contribution in [0.5, 0.6) is 17.2 Å². The van der Waals surface area contributed by atoms with Gasteiger partial charge in [-0.1, -0.05) is 6.92 Å². The van der Waals surface area contributed by atoms with E-state index in [1.807, 2.05) is 24.3 Å². The van der Waals surface area contributed by atoms with Crippen molar-refractivity contribution in [1.82, 2.24) is 0 Å². The molecule has 0 aliphatic carbocycles. The zero-order chi connectivity index (χ0) is 18.2. The molecule has 0 heterocycles. The Morgan fingerprint density at radius 3 is 2.32 bits per heavy atom. The molecular weight excluding hydrogens is 336 g/mol. The van der Waals surface area contributed by atoms with Crippen molar-refractivity contribution in [3.8, 4) is 17.2 Å². The lowest BCUT2D eigenvalue weighted by Gasteiger charge is -2.12. The fourth-order valence-corrected chi connectivity index (χ4v) is 3.01. The summed E-state index contributed by atoms with van der Waals surface area (Å²) in [5, 5.41) is 0. The average molecular weight is 358 g/mol. The average Bonchev–Trinajstić information content (AvgIpc) is 2.65. The van der Waals surface area contributed by atoms with Gasteiger partial charge in [0.25, 0.3) is 0 Å². The van der Waals surface area contributed by atoms with E-state index in [0.29, 0.717) is 28.4 Å². The first kappa shape index (κ1) is 18.9. The molecule has 0 N–H and O–H groups in total. The number of hydrogen-bond donors (Lipinski definition) is 0. The van der Waals surface area contributed by atoms with Crippen LogP contribution in [-0.2, 0) is 0 Å². The topological polar surface area (TPSA) is 44.8 Å². The summed E-state index contributed by atoms with van der Waals surface area (Å²) < 4.78 is 16.0. The fraction of sp³-hybridized carbons (Fsp3) is 0.250. The maximum Gasteiger partial charge on any atom is 0.185 e. The monoisotopic (exact) mass is 358 g/mol. The molecule has 0 amide bonds. The fourth-order valence-electron chi connectivity index (χ4n) is 2.35. The van der Waals surface area contributed by atoms with E-state index < -0.39 is 0 Å². The summed E-state index contributed by atoms with van der Waals surface area (Å²) in [6.45, 7) is 2.10. The third-order valence-corrected chi connectivity index (χ3v) is 4.48. The maximum absolute atomic E-state index is 12.4. The van der Waals surface area contributed by atoms with Crippen molar-refractivity contribution in [3.05, 3.63) is 53.6 Å².